The number of esters is 1. The van der Waals surface area contributed by atoms with E-state index in [9.17, 15) is 4.79 Å². The van der Waals surface area contributed by atoms with E-state index in [1.807, 2.05) is 25.1 Å². The van der Waals surface area contributed by atoms with E-state index in [1.165, 1.54) is 5.56 Å². The Morgan fingerprint density at radius 2 is 2.11 bits per heavy atom. The molecule has 3 heterocycles. The molecule has 0 spiro atoms. The van der Waals surface area contributed by atoms with Crippen LogP contribution in [0.3, 0.4) is 0 Å². The van der Waals surface area contributed by atoms with Gasteiger partial charge >= 0.3 is 5.97 Å². The van der Waals surface area contributed by atoms with E-state index in [2.05, 4.69) is 41.2 Å². The summed E-state index contributed by atoms with van der Waals surface area (Å²) in [6.45, 7) is 6.41. The normalized spacial score (nSPS) is 16.3. The summed E-state index contributed by atoms with van der Waals surface area (Å²) in [6, 6.07) is 9.92. The van der Waals surface area contributed by atoms with Gasteiger partial charge in [0.15, 0.2) is 0 Å². The zero-order valence-corrected chi connectivity index (χ0v) is 16.6. The molecular weight excluding hydrogens is 358 g/mol. The summed E-state index contributed by atoms with van der Waals surface area (Å²) in [5, 5.41) is 5.50. The van der Waals surface area contributed by atoms with Crippen LogP contribution in [0, 0.1) is 6.92 Å². The van der Waals surface area contributed by atoms with Crippen LogP contribution < -0.4 is 5.32 Å². The van der Waals surface area contributed by atoms with Crippen molar-refractivity contribution in [3.8, 4) is 0 Å². The number of para-hydroxylation sites is 2. The summed E-state index contributed by atoms with van der Waals surface area (Å²) in [5.74, 6) is 0.528. The van der Waals surface area contributed by atoms with Crippen molar-refractivity contribution in [1.29, 1.82) is 0 Å². The Balaban J connectivity index is 2.00. The number of nitrogens with zero attached hydrogens (tertiary/aromatic N) is 2. The lowest BCUT2D eigenvalue weighted by atomic mass is 9.96. The van der Waals surface area contributed by atoms with E-state index < -0.39 is 0 Å². The molecule has 0 unspecified atom stereocenters. The number of ether oxygens (including phenoxy) is 1. The fraction of sp³-hybridized carbons (Fsp3) is 0.333. The predicted octanol–water partition coefficient (Wildman–Crippen LogP) is 5.04. The first-order valence-corrected chi connectivity index (χ1v) is 10.2. The molecule has 3 aromatic rings. The van der Waals surface area contributed by atoms with Crippen LogP contribution in [0.1, 0.15) is 43.2 Å². The molecule has 0 amide bonds. The number of imidazole rings is 1. The third-order valence-corrected chi connectivity index (χ3v) is 5.93. The summed E-state index contributed by atoms with van der Waals surface area (Å²) in [4.78, 5) is 19.0. The molecule has 27 heavy (non-hydrogen) atoms. The third kappa shape index (κ3) is 2.94. The molecule has 0 radical (unpaired) electrons. The van der Waals surface area contributed by atoms with Gasteiger partial charge in [-0.15, -0.1) is 11.3 Å². The fourth-order valence-corrected chi connectivity index (χ4v) is 4.72. The molecule has 140 valence electrons. The fourth-order valence-electron chi connectivity index (χ4n) is 3.69. The number of hydrogen-bond acceptors (Lipinski definition) is 5. The lowest BCUT2D eigenvalue weighted by molar-refractivity contribution is -0.139. The van der Waals surface area contributed by atoms with Crippen LogP contribution in [0.2, 0.25) is 0 Å². The number of nitrogens with one attached hydrogen (secondary N) is 1. The summed E-state index contributed by atoms with van der Waals surface area (Å²) in [5.41, 5.74) is 4.71. The van der Waals surface area contributed by atoms with Gasteiger partial charge in [0.25, 0.3) is 0 Å². The lowest BCUT2D eigenvalue weighted by Crippen LogP contribution is -2.29. The van der Waals surface area contributed by atoms with E-state index in [-0.39, 0.29) is 12.0 Å². The highest BCUT2D eigenvalue weighted by molar-refractivity contribution is 7.10. The van der Waals surface area contributed by atoms with Crippen molar-refractivity contribution in [3.63, 3.8) is 0 Å². The SMILES string of the molecule is CCCC1=C(C(=O)OCC)[C@H](c2sccc2C)n2c(nc3ccccc32)N1. The van der Waals surface area contributed by atoms with Crippen molar-refractivity contribution < 1.29 is 9.53 Å². The first-order valence-electron chi connectivity index (χ1n) is 9.33. The quantitative estimate of drug-likeness (QED) is 0.629. The molecule has 2 aromatic heterocycles. The Labute approximate surface area is 162 Å². The molecule has 0 saturated heterocycles. The smallest absolute Gasteiger partial charge is 0.338 e. The molecule has 1 aliphatic rings. The zero-order chi connectivity index (χ0) is 19.0. The van der Waals surface area contributed by atoms with Crippen LogP contribution >= 0.6 is 11.3 Å². The summed E-state index contributed by atoms with van der Waals surface area (Å²) in [7, 11) is 0. The van der Waals surface area contributed by atoms with Crippen molar-refractivity contribution >= 4 is 34.3 Å². The van der Waals surface area contributed by atoms with E-state index in [0.29, 0.717) is 12.2 Å². The van der Waals surface area contributed by atoms with Crippen molar-refractivity contribution in [2.24, 2.45) is 0 Å². The second-order valence-corrected chi connectivity index (χ2v) is 7.60. The van der Waals surface area contributed by atoms with Gasteiger partial charge in [-0.25, -0.2) is 9.78 Å². The molecule has 0 bridgehead atoms. The van der Waals surface area contributed by atoms with Crippen molar-refractivity contribution in [3.05, 3.63) is 57.4 Å². The van der Waals surface area contributed by atoms with Gasteiger partial charge in [-0.05, 0) is 49.4 Å². The average Bonchev–Trinajstić information content (AvgIpc) is 3.24. The maximum Gasteiger partial charge on any atom is 0.338 e. The van der Waals surface area contributed by atoms with Crippen LogP contribution in [0.4, 0.5) is 5.95 Å². The number of thiophene rings is 1. The second kappa shape index (κ2) is 7.19. The first kappa shape index (κ1) is 17.8. The summed E-state index contributed by atoms with van der Waals surface area (Å²) < 4.78 is 7.60. The van der Waals surface area contributed by atoms with E-state index in [0.717, 1.165) is 40.4 Å². The molecule has 1 aliphatic heterocycles. The number of anilines is 1. The molecule has 0 fully saturated rings. The number of carbonyl (C=O) groups is 1. The standard InChI is InChI=1S/C21H23N3O2S/c1-4-8-15-17(20(25)26-5-2)18(19-13(3)11-12-27-19)24-16-10-7-6-9-14(16)22-21(24)23-15/h6-7,9-12,18H,4-5,8H2,1-3H3,(H,22,23)/t18-/m1/s1. The molecular formula is C21H23N3O2S. The van der Waals surface area contributed by atoms with Crippen LogP contribution in [0.5, 0.6) is 0 Å². The van der Waals surface area contributed by atoms with Gasteiger partial charge in [-0.1, -0.05) is 25.5 Å². The minimum Gasteiger partial charge on any atom is -0.463 e. The maximum absolute atomic E-state index is 13.0. The molecule has 1 N–H and O–H groups in total. The number of fused-ring (bicyclic) bond motifs is 3. The number of aromatic nitrogens is 2. The van der Waals surface area contributed by atoms with Gasteiger partial charge in [-0.3, -0.25) is 4.57 Å². The zero-order valence-electron chi connectivity index (χ0n) is 15.8. The van der Waals surface area contributed by atoms with Gasteiger partial charge in [0.2, 0.25) is 5.95 Å². The monoisotopic (exact) mass is 381 g/mol. The summed E-state index contributed by atoms with van der Waals surface area (Å²) in [6.07, 6.45) is 1.71. The Morgan fingerprint density at radius 1 is 1.30 bits per heavy atom. The minimum atomic E-state index is -0.255. The van der Waals surface area contributed by atoms with Gasteiger partial charge in [-0.2, -0.15) is 0 Å². The van der Waals surface area contributed by atoms with E-state index in [1.54, 1.807) is 11.3 Å². The van der Waals surface area contributed by atoms with Crippen LogP contribution in [0.15, 0.2) is 47.0 Å². The first-order chi connectivity index (χ1) is 13.2. The third-order valence-electron chi connectivity index (χ3n) is 4.86. The van der Waals surface area contributed by atoms with Crippen LogP contribution in [-0.2, 0) is 9.53 Å². The molecule has 1 aromatic carbocycles. The van der Waals surface area contributed by atoms with Crippen molar-refractivity contribution in [2.45, 2.75) is 39.7 Å². The van der Waals surface area contributed by atoms with Gasteiger partial charge < -0.3 is 10.1 Å². The highest BCUT2D eigenvalue weighted by Gasteiger charge is 2.37. The highest BCUT2D eigenvalue weighted by atomic mass is 32.1. The number of aryl methyl sites for hydroxylation is 1. The number of carbonyl (C=O) groups excluding carboxylic acids is 1. The van der Waals surface area contributed by atoms with Crippen LogP contribution in [0.25, 0.3) is 11.0 Å². The van der Waals surface area contributed by atoms with Crippen LogP contribution in [-0.4, -0.2) is 22.1 Å². The number of hydrogen-bond donors (Lipinski definition) is 1. The molecule has 5 nitrogen and oxygen atoms in total. The molecule has 6 heteroatoms. The predicted molar refractivity (Wildman–Crippen MR) is 109 cm³/mol. The second-order valence-electron chi connectivity index (χ2n) is 6.65. The van der Waals surface area contributed by atoms with Gasteiger partial charge in [0, 0.05) is 10.6 Å². The number of rotatable bonds is 5. The molecule has 0 aliphatic carbocycles. The van der Waals surface area contributed by atoms with E-state index >= 15 is 0 Å². The summed E-state index contributed by atoms with van der Waals surface area (Å²) >= 11 is 1.67. The van der Waals surface area contributed by atoms with Crippen molar-refractivity contribution in [1.82, 2.24) is 9.55 Å². The number of benzene rings is 1. The van der Waals surface area contributed by atoms with E-state index in [4.69, 9.17) is 9.72 Å². The lowest BCUT2D eigenvalue weighted by Gasteiger charge is -2.31. The Bertz CT molecular complexity index is 1030. The van der Waals surface area contributed by atoms with Crippen molar-refractivity contribution in [2.75, 3.05) is 11.9 Å². The van der Waals surface area contributed by atoms with Gasteiger partial charge in [0.05, 0.1) is 23.2 Å². The Hall–Kier alpha value is -2.60. The topological polar surface area (TPSA) is 56.2 Å². The number of allylic oxidation sites excluding steroid dienone is 1. The van der Waals surface area contributed by atoms with Gasteiger partial charge in [0.1, 0.15) is 6.04 Å². The maximum atomic E-state index is 13.0. The Morgan fingerprint density at radius 3 is 2.81 bits per heavy atom. The average molecular weight is 382 g/mol. The highest BCUT2D eigenvalue weighted by Crippen LogP contribution is 2.43. The Kier molecular flexibility index (Phi) is 4.74. The minimum absolute atomic E-state index is 0.228. The molecule has 1 atom stereocenters. The molecule has 0 saturated carbocycles. The molecule has 4 rings (SSSR count). The largest absolute Gasteiger partial charge is 0.463 e.